The van der Waals surface area contributed by atoms with Crippen LogP contribution in [-0.4, -0.2) is 40.1 Å². The van der Waals surface area contributed by atoms with Crippen LogP contribution in [0, 0.1) is 0 Å². The van der Waals surface area contributed by atoms with Gasteiger partial charge in [-0.05, 0) is 18.2 Å². The normalized spacial score (nSPS) is 11.5. The average Bonchev–Trinajstić information content (AvgIpc) is 3.00. The SMILES string of the molecule is COCc1c(C(=O)Nc2cccc(OCCS(C)(=O)=O)c2)oc2ccccc12. The topological polar surface area (TPSA) is 94.8 Å². The summed E-state index contributed by atoms with van der Waals surface area (Å²) in [6.45, 7) is 0.284. The van der Waals surface area contributed by atoms with Crippen LogP contribution >= 0.6 is 0 Å². The van der Waals surface area contributed by atoms with Crippen molar-refractivity contribution in [2.24, 2.45) is 0 Å². The van der Waals surface area contributed by atoms with Crippen molar-refractivity contribution in [3.63, 3.8) is 0 Å². The molecule has 148 valence electrons. The molecule has 0 aliphatic carbocycles. The Morgan fingerprint density at radius 3 is 2.68 bits per heavy atom. The molecular weight excluding hydrogens is 382 g/mol. The molecule has 1 aromatic heterocycles. The van der Waals surface area contributed by atoms with E-state index >= 15 is 0 Å². The number of hydrogen-bond acceptors (Lipinski definition) is 6. The van der Waals surface area contributed by atoms with Gasteiger partial charge in [0.05, 0.1) is 12.4 Å². The molecule has 1 N–H and O–H groups in total. The number of nitrogens with one attached hydrogen (secondary N) is 1. The first-order valence-electron chi connectivity index (χ1n) is 8.58. The second-order valence-electron chi connectivity index (χ2n) is 6.30. The Kier molecular flexibility index (Phi) is 6.01. The van der Waals surface area contributed by atoms with Crippen molar-refractivity contribution < 1.29 is 27.1 Å². The molecule has 0 saturated heterocycles. The van der Waals surface area contributed by atoms with Gasteiger partial charge < -0.3 is 19.2 Å². The minimum atomic E-state index is -3.10. The van der Waals surface area contributed by atoms with Gasteiger partial charge in [0.1, 0.15) is 17.9 Å². The van der Waals surface area contributed by atoms with E-state index in [1.165, 1.54) is 0 Å². The number of benzene rings is 2. The van der Waals surface area contributed by atoms with E-state index in [9.17, 15) is 13.2 Å². The van der Waals surface area contributed by atoms with Crippen LogP contribution < -0.4 is 10.1 Å². The molecular formula is C20H21NO6S. The van der Waals surface area contributed by atoms with Crippen molar-refractivity contribution in [3.05, 3.63) is 59.9 Å². The van der Waals surface area contributed by atoms with Gasteiger partial charge >= 0.3 is 0 Å². The minimum Gasteiger partial charge on any atom is -0.492 e. The number of anilines is 1. The Labute approximate surface area is 163 Å². The number of carbonyl (C=O) groups excluding carboxylic acids is 1. The fourth-order valence-electron chi connectivity index (χ4n) is 2.73. The van der Waals surface area contributed by atoms with Crippen LogP contribution in [0.5, 0.6) is 5.75 Å². The monoisotopic (exact) mass is 403 g/mol. The summed E-state index contributed by atoms with van der Waals surface area (Å²) in [5, 5.41) is 3.60. The number of fused-ring (bicyclic) bond motifs is 1. The molecule has 1 heterocycles. The summed E-state index contributed by atoms with van der Waals surface area (Å²) in [4.78, 5) is 12.8. The maximum atomic E-state index is 12.8. The standard InChI is InChI=1S/C20H21NO6S/c1-25-13-17-16-8-3-4-9-18(16)27-19(17)20(22)21-14-6-5-7-15(12-14)26-10-11-28(2,23)24/h3-9,12H,10-11,13H2,1-2H3,(H,21,22). The molecule has 3 rings (SSSR count). The van der Waals surface area contributed by atoms with Gasteiger partial charge in [0, 0.05) is 36.1 Å². The van der Waals surface area contributed by atoms with Gasteiger partial charge in [-0.1, -0.05) is 24.3 Å². The summed E-state index contributed by atoms with van der Waals surface area (Å²) in [6.07, 6.45) is 1.15. The fraction of sp³-hybridized carbons (Fsp3) is 0.250. The molecule has 0 bridgehead atoms. The zero-order valence-corrected chi connectivity index (χ0v) is 16.4. The Balaban J connectivity index is 1.77. The van der Waals surface area contributed by atoms with Crippen molar-refractivity contribution in [2.75, 3.05) is 31.0 Å². The maximum absolute atomic E-state index is 12.8. The van der Waals surface area contributed by atoms with Crippen molar-refractivity contribution in [1.29, 1.82) is 0 Å². The first kappa shape index (κ1) is 19.9. The smallest absolute Gasteiger partial charge is 0.291 e. The summed E-state index contributed by atoms with van der Waals surface area (Å²) in [7, 11) is -1.55. The van der Waals surface area contributed by atoms with Crippen LogP contribution in [0.3, 0.4) is 0 Å². The largest absolute Gasteiger partial charge is 0.492 e. The highest BCUT2D eigenvalue weighted by Gasteiger charge is 2.20. The summed E-state index contributed by atoms with van der Waals surface area (Å²) in [5.74, 6) is 0.161. The minimum absolute atomic E-state index is 0.0395. The number of amides is 1. The van der Waals surface area contributed by atoms with E-state index in [4.69, 9.17) is 13.9 Å². The molecule has 1 amide bonds. The molecule has 0 atom stereocenters. The number of sulfone groups is 1. The predicted octanol–water partition coefficient (Wildman–Crippen LogP) is 3.25. The summed E-state index contributed by atoms with van der Waals surface area (Å²) in [5.41, 5.74) is 1.79. The van der Waals surface area contributed by atoms with Crippen LogP contribution in [0.2, 0.25) is 0 Å². The van der Waals surface area contributed by atoms with E-state index in [1.807, 2.05) is 18.2 Å². The predicted molar refractivity (Wildman–Crippen MR) is 107 cm³/mol. The highest BCUT2D eigenvalue weighted by molar-refractivity contribution is 7.90. The lowest BCUT2D eigenvalue weighted by Gasteiger charge is -2.09. The highest BCUT2D eigenvalue weighted by Crippen LogP contribution is 2.27. The molecule has 28 heavy (non-hydrogen) atoms. The molecule has 7 nitrogen and oxygen atoms in total. The van der Waals surface area contributed by atoms with Crippen LogP contribution in [0.1, 0.15) is 16.1 Å². The summed E-state index contributed by atoms with van der Waals surface area (Å²) in [6, 6.07) is 14.1. The Morgan fingerprint density at radius 2 is 1.93 bits per heavy atom. The average molecular weight is 403 g/mol. The number of rotatable bonds is 8. The third-order valence-corrected chi connectivity index (χ3v) is 4.92. The second kappa shape index (κ2) is 8.45. The molecule has 0 fully saturated rings. The lowest BCUT2D eigenvalue weighted by molar-refractivity contribution is 0.0992. The number of para-hydroxylation sites is 1. The van der Waals surface area contributed by atoms with Gasteiger partial charge in [0.25, 0.3) is 5.91 Å². The maximum Gasteiger partial charge on any atom is 0.291 e. The summed E-state index contributed by atoms with van der Waals surface area (Å²) < 4.78 is 38.8. The zero-order chi connectivity index (χ0) is 20.1. The van der Waals surface area contributed by atoms with E-state index in [0.29, 0.717) is 22.6 Å². The van der Waals surface area contributed by atoms with Gasteiger partial charge in [-0.25, -0.2) is 8.42 Å². The van der Waals surface area contributed by atoms with Crippen LogP contribution in [0.25, 0.3) is 11.0 Å². The first-order chi connectivity index (χ1) is 13.4. The second-order valence-corrected chi connectivity index (χ2v) is 8.56. The van der Waals surface area contributed by atoms with Gasteiger partial charge in [-0.3, -0.25) is 4.79 Å². The van der Waals surface area contributed by atoms with Gasteiger partial charge in [0.2, 0.25) is 0 Å². The number of carbonyl (C=O) groups is 1. The van der Waals surface area contributed by atoms with Gasteiger partial charge in [-0.2, -0.15) is 0 Å². The molecule has 2 aromatic carbocycles. The molecule has 0 saturated carbocycles. The van der Waals surface area contributed by atoms with Gasteiger partial charge in [0.15, 0.2) is 15.6 Å². The Morgan fingerprint density at radius 1 is 1.14 bits per heavy atom. The van der Waals surface area contributed by atoms with Crippen LogP contribution in [0.4, 0.5) is 5.69 Å². The number of methoxy groups -OCH3 is 1. The van der Waals surface area contributed by atoms with E-state index < -0.39 is 15.7 Å². The molecule has 0 aliphatic rings. The van der Waals surface area contributed by atoms with E-state index in [-0.39, 0.29) is 24.7 Å². The van der Waals surface area contributed by atoms with Crippen molar-refractivity contribution in [2.45, 2.75) is 6.61 Å². The van der Waals surface area contributed by atoms with Gasteiger partial charge in [-0.15, -0.1) is 0 Å². The lowest BCUT2D eigenvalue weighted by atomic mass is 10.1. The zero-order valence-electron chi connectivity index (χ0n) is 15.6. The molecule has 0 radical (unpaired) electrons. The lowest BCUT2D eigenvalue weighted by Crippen LogP contribution is -2.14. The van der Waals surface area contributed by atoms with E-state index in [1.54, 1.807) is 37.4 Å². The molecule has 0 spiro atoms. The van der Waals surface area contributed by atoms with Crippen LogP contribution in [-0.2, 0) is 21.2 Å². The fourth-order valence-corrected chi connectivity index (χ4v) is 3.12. The van der Waals surface area contributed by atoms with E-state index in [2.05, 4.69) is 5.32 Å². The molecule has 8 heteroatoms. The number of furan rings is 1. The first-order valence-corrected chi connectivity index (χ1v) is 10.6. The van der Waals surface area contributed by atoms with Crippen molar-refractivity contribution >= 4 is 32.4 Å². The molecule has 3 aromatic rings. The van der Waals surface area contributed by atoms with Crippen molar-refractivity contribution in [3.8, 4) is 5.75 Å². The third-order valence-electron chi connectivity index (χ3n) is 4.01. The van der Waals surface area contributed by atoms with E-state index in [0.717, 1.165) is 11.6 Å². The third kappa shape index (κ3) is 4.90. The molecule has 0 unspecified atom stereocenters. The Bertz CT molecular complexity index is 1090. The number of hydrogen-bond donors (Lipinski definition) is 1. The Hall–Kier alpha value is -2.84. The summed E-state index contributed by atoms with van der Waals surface area (Å²) >= 11 is 0. The molecule has 0 aliphatic heterocycles. The number of ether oxygens (including phenoxy) is 2. The van der Waals surface area contributed by atoms with Crippen molar-refractivity contribution in [1.82, 2.24) is 0 Å². The van der Waals surface area contributed by atoms with Crippen LogP contribution in [0.15, 0.2) is 52.9 Å². The highest BCUT2D eigenvalue weighted by atomic mass is 32.2. The quantitative estimate of drug-likeness (QED) is 0.620.